The van der Waals surface area contributed by atoms with Crippen molar-refractivity contribution in [3.8, 4) is 0 Å². The molecule has 0 amide bonds. The average Bonchev–Trinajstić information content (AvgIpc) is 2.58. The van der Waals surface area contributed by atoms with Crippen molar-refractivity contribution in [1.82, 2.24) is 10.2 Å². The number of nitrogens with two attached hydrogens (primary N) is 1. The van der Waals surface area contributed by atoms with Crippen LogP contribution in [0.2, 0.25) is 10.3 Å². The van der Waals surface area contributed by atoms with E-state index in [0.29, 0.717) is 10.3 Å². The molecule has 0 spiro atoms. The van der Waals surface area contributed by atoms with Gasteiger partial charge in [-0.2, -0.15) is 0 Å². The summed E-state index contributed by atoms with van der Waals surface area (Å²) in [6.45, 7) is 4.21. The monoisotopic (exact) mass is 231 g/mol. The van der Waals surface area contributed by atoms with E-state index in [9.17, 15) is 0 Å². The fourth-order valence-electron chi connectivity index (χ4n) is 1.86. The molecule has 1 saturated carbocycles. The molecule has 1 aliphatic rings. The summed E-state index contributed by atoms with van der Waals surface area (Å²) in [6.07, 6.45) is 0. The zero-order chi connectivity index (χ0) is 10.5. The Morgan fingerprint density at radius 3 is 2.43 bits per heavy atom. The van der Waals surface area contributed by atoms with Gasteiger partial charge >= 0.3 is 0 Å². The molecule has 2 N–H and O–H groups in total. The zero-order valence-electron chi connectivity index (χ0n) is 7.96. The van der Waals surface area contributed by atoms with Gasteiger partial charge in [0.1, 0.15) is 0 Å². The van der Waals surface area contributed by atoms with E-state index in [0.717, 1.165) is 5.56 Å². The number of nitrogens with zero attached hydrogens (tertiary/aromatic N) is 2. The summed E-state index contributed by atoms with van der Waals surface area (Å²) in [4.78, 5) is 0. The predicted octanol–water partition coefficient (Wildman–Crippen LogP) is 2.23. The second kappa shape index (κ2) is 3.05. The third kappa shape index (κ3) is 1.40. The van der Waals surface area contributed by atoms with Crippen molar-refractivity contribution >= 4 is 23.2 Å². The molecule has 3 nitrogen and oxygen atoms in total. The van der Waals surface area contributed by atoms with Crippen molar-refractivity contribution in [2.45, 2.75) is 25.8 Å². The van der Waals surface area contributed by atoms with Crippen molar-refractivity contribution in [2.75, 3.05) is 0 Å². The molecule has 76 valence electrons. The fourth-order valence-corrected chi connectivity index (χ4v) is 2.22. The molecular weight excluding hydrogens is 221 g/mol. The van der Waals surface area contributed by atoms with Gasteiger partial charge in [0.15, 0.2) is 10.3 Å². The van der Waals surface area contributed by atoms with Crippen LogP contribution in [0.3, 0.4) is 0 Å². The fraction of sp³-hybridized carbons (Fsp3) is 0.556. The second-order valence-corrected chi connectivity index (χ2v) is 4.98. The molecule has 0 bridgehead atoms. The highest BCUT2D eigenvalue weighted by Gasteiger charge is 2.57. The molecule has 1 aromatic heterocycles. The molecule has 1 aliphatic carbocycles. The van der Waals surface area contributed by atoms with E-state index in [1.54, 1.807) is 6.07 Å². The average molecular weight is 232 g/mol. The Balaban J connectivity index is 2.39. The van der Waals surface area contributed by atoms with Gasteiger partial charge in [-0.3, -0.25) is 0 Å². The lowest BCUT2D eigenvalue weighted by molar-refractivity contribution is 0.598. The van der Waals surface area contributed by atoms with E-state index in [-0.39, 0.29) is 17.4 Å². The van der Waals surface area contributed by atoms with Gasteiger partial charge in [0.05, 0.1) is 0 Å². The Bertz CT molecular complexity index is 378. The molecule has 1 fully saturated rings. The van der Waals surface area contributed by atoms with Crippen LogP contribution in [0, 0.1) is 5.41 Å². The molecule has 2 rings (SSSR count). The summed E-state index contributed by atoms with van der Waals surface area (Å²) in [5.41, 5.74) is 6.93. The van der Waals surface area contributed by atoms with Crippen LogP contribution in [0.25, 0.3) is 0 Å². The van der Waals surface area contributed by atoms with E-state index >= 15 is 0 Å². The van der Waals surface area contributed by atoms with Crippen molar-refractivity contribution < 1.29 is 0 Å². The molecule has 0 aliphatic heterocycles. The van der Waals surface area contributed by atoms with Gasteiger partial charge in [-0.1, -0.05) is 37.0 Å². The summed E-state index contributed by atoms with van der Waals surface area (Å²) < 4.78 is 0. The quantitative estimate of drug-likeness (QED) is 0.807. The summed E-state index contributed by atoms with van der Waals surface area (Å²) in [7, 11) is 0. The third-order valence-corrected chi connectivity index (χ3v) is 3.47. The van der Waals surface area contributed by atoms with Crippen molar-refractivity contribution in [3.63, 3.8) is 0 Å². The van der Waals surface area contributed by atoms with Gasteiger partial charge in [0.2, 0.25) is 0 Å². The Hall–Kier alpha value is -0.380. The summed E-state index contributed by atoms with van der Waals surface area (Å²) in [6, 6.07) is 1.87. The number of hydrogen-bond donors (Lipinski definition) is 1. The van der Waals surface area contributed by atoms with Crippen molar-refractivity contribution in [2.24, 2.45) is 11.1 Å². The predicted molar refractivity (Wildman–Crippen MR) is 56.5 cm³/mol. The number of hydrogen-bond acceptors (Lipinski definition) is 3. The molecular formula is C9H11Cl2N3. The largest absolute Gasteiger partial charge is 0.327 e. The minimum atomic E-state index is 0.0794. The standard InChI is InChI=1S/C9H11Cl2N3/c1-9(2)6(7(9)12)4-3-5(10)13-14-8(4)11/h3,6-7H,12H2,1-2H3/t6-,7-/m1/s1. The molecule has 14 heavy (non-hydrogen) atoms. The van der Waals surface area contributed by atoms with Gasteiger partial charge in [-0.15, -0.1) is 10.2 Å². The van der Waals surface area contributed by atoms with Gasteiger partial charge < -0.3 is 5.73 Å². The molecule has 2 atom stereocenters. The van der Waals surface area contributed by atoms with E-state index in [2.05, 4.69) is 24.0 Å². The number of halogens is 2. The number of rotatable bonds is 1. The highest BCUT2D eigenvalue weighted by molar-refractivity contribution is 6.31. The van der Waals surface area contributed by atoms with Crippen LogP contribution in [0.4, 0.5) is 0 Å². The number of aromatic nitrogens is 2. The van der Waals surface area contributed by atoms with Crippen molar-refractivity contribution in [3.05, 3.63) is 21.9 Å². The summed E-state index contributed by atoms with van der Waals surface area (Å²) >= 11 is 11.7. The highest BCUT2D eigenvalue weighted by atomic mass is 35.5. The zero-order valence-corrected chi connectivity index (χ0v) is 9.47. The lowest BCUT2D eigenvalue weighted by Crippen LogP contribution is -2.06. The Morgan fingerprint density at radius 1 is 1.36 bits per heavy atom. The topological polar surface area (TPSA) is 51.8 Å². The molecule has 0 saturated heterocycles. The highest BCUT2D eigenvalue weighted by Crippen LogP contribution is 2.58. The van der Waals surface area contributed by atoms with Gasteiger partial charge in [0, 0.05) is 12.0 Å². The summed E-state index contributed by atoms with van der Waals surface area (Å²) in [5, 5.41) is 8.20. The van der Waals surface area contributed by atoms with E-state index in [1.165, 1.54) is 0 Å². The van der Waals surface area contributed by atoms with Crippen LogP contribution < -0.4 is 5.73 Å². The third-order valence-electron chi connectivity index (χ3n) is 2.99. The molecule has 5 heteroatoms. The van der Waals surface area contributed by atoms with Crippen LogP contribution in [0.1, 0.15) is 25.3 Å². The maximum Gasteiger partial charge on any atom is 0.155 e. The van der Waals surface area contributed by atoms with Crippen LogP contribution in [0.5, 0.6) is 0 Å². The first-order valence-corrected chi connectivity index (χ1v) is 5.14. The first-order valence-electron chi connectivity index (χ1n) is 4.39. The Morgan fingerprint density at radius 2 is 1.93 bits per heavy atom. The first-order chi connectivity index (χ1) is 6.44. The van der Waals surface area contributed by atoms with Crippen LogP contribution in [0.15, 0.2) is 6.07 Å². The van der Waals surface area contributed by atoms with Gasteiger partial charge in [-0.05, 0) is 17.0 Å². The van der Waals surface area contributed by atoms with E-state index in [4.69, 9.17) is 28.9 Å². The molecule has 1 aromatic rings. The maximum absolute atomic E-state index is 5.95. The maximum atomic E-state index is 5.95. The van der Waals surface area contributed by atoms with E-state index < -0.39 is 0 Å². The lowest BCUT2D eigenvalue weighted by atomic mass is 10.1. The minimum absolute atomic E-state index is 0.0794. The SMILES string of the molecule is CC1(C)[C@H](N)[C@H]1c1cc(Cl)nnc1Cl. The Kier molecular flexibility index (Phi) is 2.21. The van der Waals surface area contributed by atoms with Crippen LogP contribution >= 0.6 is 23.2 Å². The van der Waals surface area contributed by atoms with Gasteiger partial charge in [0.25, 0.3) is 0 Å². The van der Waals surface area contributed by atoms with Crippen LogP contribution in [-0.4, -0.2) is 16.2 Å². The molecule has 0 unspecified atom stereocenters. The first kappa shape index (κ1) is 10.1. The normalized spacial score (nSPS) is 28.9. The molecule has 0 aromatic carbocycles. The molecule has 1 heterocycles. The smallest absolute Gasteiger partial charge is 0.155 e. The lowest BCUT2D eigenvalue weighted by Gasteiger charge is -2.03. The van der Waals surface area contributed by atoms with Crippen molar-refractivity contribution in [1.29, 1.82) is 0 Å². The second-order valence-electron chi connectivity index (χ2n) is 4.24. The van der Waals surface area contributed by atoms with Gasteiger partial charge in [-0.25, -0.2) is 0 Å². The van der Waals surface area contributed by atoms with Crippen LogP contribution in [-0.2, 0) is 0 Å². The van der Waals surface area contributed by atoms with E-state index in [1.807, 2.05) is 0 Å². The minimum Gasteiger partial charge on any atom is -0.327 e. The summed E-state index contributed by atoms with van der Waals surface area (Å²) in [5.74, 6) is 0.239. The molecule has 0 radical (unpaired) electrons. The Labute approximate surface area is 92.6 Å².